The maximum absolute atomic E-state index is 13.5. The van der Waals surface area contributed by atoms with Crippen LogP contribution in [0.2, 0.25) is 0 Å². The van der Waals surface area contributed by atoms with Gasteiger partial charge in [-0.15, -0.1) is 11.6 Å². The van der Waals surface area contributed by atoms with Crippen molar-refractivity contribution in [2.75, 3.05) is 12.4 Å². The van der Waals surface area contributed by atoms with E-state index in [0.29, 0.717) is 18.8 Å². The van der Waals surface area contributed by atoms with Crippen LogP contribution in [0.15, 0.2) is 18.2 Å². The molecule has 0 aliphatic carbocycles. The fraction of sp³-hybridized carbons (Fsp3) is 0.500. The number of carbonyl (C=O) groups excluding carboxylic acids is 1. The van der Waals surface area contributed by atoms with E-state index in [1.165, 1.54) is 0 Å². The van der Waals surface area contributed by atoms with Crippen LogP contribution in [-0.4, -0.2) is 34.2 Å². The molecule has 5 nitrogen and oxygen atoms in total. The van der Waals surface area contributed by atoms with Gasteiger partial charge in [-0.25, -0.2) is 4.39 Å². The summed E-state index contributed by atoms with van der Waals surface area (Å²) in [5.74, 6) is -0.705. The van der Waals surface area contributed by atoms with Gasteiger partial charge in [-0.1, -0.05) is 0 Å². The van der Waals surface area contributed by atoms with E-state index in [1.807, 2.05) is 0 Å². The number of piperidine rings is 1. The molecule has 0 bridgehead atoms. The average Bonchev–Trinajstić information content (AvgIpc) is 2.47. The van der Waals surface area contributed by atoms with E-state index in [-0.39, 0.29) is 17.5 Å². The largest absolute Gasteiger partial charge is 0.336 e. The number of carbonyl (C=O) groups is 1. The maximum Gasteiger partial charge on any atom is 0.273 e. The van der Waals surface area contributed by atoms with Crippen LogP contribution < -0.4 is 0 Å². The molecule has 0 saturated carbocycles. The summed E-state index contributed by atoms with van der Waals surface area (Å²) in [5, 5.41) is 10.8. The van der Waals surface area contributed by atoms with E-state index < -0.39 is 16.4 Å². The minimum Gasteiger partial charge on any atom is -0.336 e. The van der Waals surface area contributed by atoms with E-state index in [0.717, 1.165) is 37.5 Å². The molecule has 1 heterocycles. The molecule has 0 radical (unpaired) electrons. The fourth-order valence-corrected chi connectivity index (χ4v) is 2.91. The second-order valence-corrected chi connectivity index (χ2v) is 5.46. The van der Waals surface area contributed by atoms with Crippen LogP contribution in [0.1, 0.15) is 36.0 Å². The van der Waals surface area contributed by atoms with Crippen LogP contribution in [0.4, 0.5) is 10.1 Å². The normalized spacial score (nSPS) is 18.6. The van der Waals surface area contributed by atoms with Gasteiger partial charge in [0.05, 0.1) is 11.0 Å². The molecule has 1 saturated heterocycles. The Bertz CT molecular complexity index is 551. The van der Waals surface area contributed by atoms with Crippen molar-refractivity contribution in [3.63, 3.8) is 0 Å². The topological polar surface area (TPSA) is 63.4 Å². The first-order valence-corrected chi connectivity index (χ1v) is 7.38. The van der Waals surface area contributed by atoms with E-state index in [9.17, 15) is 19.3 Å². The molecule has 7 heteroatoms. The van der Waals surface area contributed by atoms with Gasteiger partial charge in [-0.2, -0.15) is 0 Å². The molecule has 0 N–H and O–H groups in total. The summed E-state index contributed by atoms with van der Waals surface area (Å²) in [7, 11) is 0. The zero-order chi connectivity index (χ0) is 15.4. The number of rotatable bonds is 4. The predicted octanol–water partition coefficient (Wildman–Crippen LogP) is 3.36. The lowest BCUT2D eigenvalue weighted by molar-refractivity contribution is -0.385. The number of alkyl halides is 1. The van der Waals surface area contributed by atoms with Crippen LogP contribution in [0.5, 0.6) is 0 Å². The van der Waals surface area contributed by atoms with Gasteiger partial charge in [0.1, 0.15) is 5.82 Å². The first-order chi connectivity index (χ1) is 10.0. The van der Waals surface area contributed by atoms with Crippen LogP contribution in [0, 0.1) is 15.9 Å². The molecular weight excluding hydrogens is 299 g/mol. The van der Waals surface area contributed by atoms with Gasteiger partial charge in [0.2, 0.25) is 0 Å². The molecule has 1 amide bonds. The van der Waals surface area contributed by atoms with Gasteiger partial charge in [0.15, 0.2) is 0 Å². The molecular formula is C14H16ClFN2O3. The minimum absolute atomic E-state index is 0.0168. The van der Waals surface area contributed by atoms with Crippen molar-refractivity contribution in [2.45, 2.75) is 31.7 Å². The van der Waals surface area contributed by atoms with Crippen molar-refractivity contribution in [3.05, 3.63) is 39.7 Å². The number of non-ortho nitro benzene ring substituents is 1. The summed E-state index contributed by atoms with van der Waals surface area (Å²) in [6.07, 6.45) is 3.43. The van der Waals surface area contributed by atoms with Crippen LogP contribution in [0.25, 0.3) is 0 Å². The Morgan fingerprint density at radius 2 is 2.19 bits per heavy atom. The number of nitrogens with zero attached hydrogens (tertiary/aromatic N) is 2. The molecule has 1 aliphatic heterocycles. The summed E-state index contributed by atoms with van der Waals surface area (Å²) in [5.41, 5.74) is -0.396. The van der Waals surface area contributed by atoms with Crippen LogP contribution in [-0.2, 0) is 0 Å². The summed E-state index contributed by atoms with van der Waals surface area (Å²) < 4.78 is 13.5. The summed E-state index contributed by atoms with van der Waals surface area (Å²) >= 11 is 5.76. The van der Waals surface area contributed by atoms with E-state index in [1.54, 1.807) is 4.90 Å². The Kier molecular flexibility index (Phi) is 5.12. The quantitative estimate of drug-likeness (QED) is 0.486. The predicted molar refractivity (Wildman–Crippen MR) is 77.1 cm³/mol. The number of amides is 1. The Labute approximate surface area is 126 Å². The maximum atomic E-state index is 13.5. The summed E-state index contributed by atoms with van der Waals surface area (Å²) in [6, 6.07) is 2.99. The molecule has 1 aliphatic rings. The molecule has 0 aromatic heterocycles. The van der Waals surface area contributed by atoms with Gasteiger partial charge in [-0.05, 0) is 31.7 Å². The fourth-order valence-electron chi connectivity index (χ4n) is 2.66. The van der Waals surface area contributed by atoms with Crippen molar-refractivity contribution in [1.29, 1.82) is 0 Å². The Morgan fingerprint density at radius 1 is 1.43 bits per heavy atom. The van der Waals surface area contributed by atoms with Gasteiger partial charge in [-0.3, -0.25) is 14.9 Å². The third kappa shape index (κ3) is 3.69. The zero-order valence-corrected chi connectivity index (χ0v) is 12.2. The van der Waals surface area contributed by atoms with Gasteiger partial charge >= 0.3 is 0 Å². The van der Waals surface area contributed by atoms with E-state index in [2.05, 4.69) is 0 Å². The molecule has 21 heavy (non-hydrogen) atoms. The number of likely N-dealkylation sites (tertiary alicyclic amines) is 1. The van der Waals surface area contributed by atoms with Gasteiger partial charge in [0.25, 0.3) is 11.6 Å². The first-order valence-electron chi connectivity index (χ1n) is 6.85. The van der Waals surface area contributed by atoms with Gasteiger partial charge in [0, 0.05) is 30.1 Å². The number of benzene rings is 1. The molecule has 114 valence electrons. The lowest BCUT2D eigenvalue weighted by atomic mass is 9.98. The average molecular weight is 315 g/mol. The summed E-state index contributed by atoms with van der Waals surface area (Å²) in [4.78, 5) is 24.2. The SMILES string of the molecule is O=C(c1cc(F)cc([N+](=O)[O-])c1)N1CCCCC1CCCl. The molecule has 1 fully saturated rings. The highest BCUT2D eigenvalue weighted by Crippen LogP contribution is 2.24. The lowest BCUT2D eigenvalue weighted by Gasteiger charge is -2.35. The van der Waals surface area contributed by atoms with Crippen molar-refractivity contribution in [2.24, 2.45) is 0 Å². The third-order valence-electron chi connectivity index (χ3n) is 3.67. The minimum atomic E-state index is -0.779. The number of nitro groups is 1. The highest BCUT2D eigenvalue weighted by atomic mass is 35.5. The number of nitro benzene ring substituents is 1. The first kappa shape index (κ1) is 15.7. The van der Waals surface area contributed by atoms with Gasteiger partial charge < -0.3 is 4.90 Å². The second kappa shape index (κ2) is 6.85. The summed E-state index contributed by atoms with van der Waals surface area (Å²) in [6.45, 7) is 0.574. The Morgan fingerprint density at radius 3 is 2.86 bits per heavy atom. The number of hydrogen-bond donors (Lipinski definition) is 0. The highest BCUT2D eigenvalue weighted by molar-refractivity contribution is 6.17. The number of hydrogen-bond acceptors (Lipinski definition) is 3. The molecule has 1 aromatic carbocycles. The third-order valence-corrected chi connectivity index (χ3v) is 3.89. The lowest BCUT2D eigenvalue weighted by Crippen LogP contribution is -2.44. The van der Waals surface area contributed by atoms with Crippen molar-refractivity contribution >= 4 is 23.2 Å². The number of halogens is 2. The highest BCUT2D eigenvalue weighted by Gasteiger charge is 2.28. The van der Waals surface area contributed by atoms with E-state index in [4.69, 9.17) is 11.6 Å². The smallest absolute Gasteiger partial charge is 0.273 e. The van der Waals surface area contributed by atoms with Crippen LogP contribution in [0.3, 0.4) is 0 Å². The molecule has 1 aromatic rings. The monoisotopic (exact) mass is 314 g/mol. The standard InChI is InChI=1S/C14H16ClFN2O3/c15-5-4-12-3-1-2-6-17(12)14(19)10-7-11(16)9-13(8-10)18(20)21/h7-9,12H,1-6H2. The molecule has 1 atom stereocenters. The zero-order valence-electron chi connectivity index (χ0n) is 11.4. The van der Waals surface area contributed by atoms with Crippen molar-refractivity contribution in [3.8, 4) is 0 Å². The Balaban J connectivity index is 2.27. The molecule has 1 unspecified atom stereocenters. The second-order valence-electron chi connectivity index (χ2n) is 5.08. The Hall–Kier alpha value is -1.69. The molecule has 2 rings (SSSR count). The van der Waals surface area contributed by atoms with Crippen LogP contribution >= 0.6 is 11.6 Å². The van der Waals surface area contributed by atoms with Crippen molar-refractivity contribution in [1.82, 2.24) is 4.90 Å². The van der Waals surface area contributed by atoms with Crippen molar-refractivity contribution < 1.29 is 14.1 Å². The van der Waals surface area contributed by atoms with E-state index >= 15 is 0 Å². The molecule has 0 spiro atoms.